The summed E-state index contributed by atoms with van der Waals surface area (Å²) in [5, 5.41) is 5.68. The number of likely N-dealkylation sites (tertiary alicyclic amines) is 1. The second-order valence-corrected chi connectivity index (χ2v) is 8.27. The maximum absolute atomic E-state index is 13.3. The number of piperidine rings is 1. The summed E-state index contributed by atoms with van der Waals surface area (Å²) < 4.78 is 1.84. The van der Waals surface area contributed by atoms with Gasteiger partial charge >= 0.3 is 0 Å². The highest BCUT2D eigenvalue weighted by Gasteiger charge is 2.30. The van der Waals surface area contributed by atoms with Crippen LogP contribution in [0.2, 0.25) is 0 Å². The van der Waals surface area contributed by atoms with Crippen molar-refractivity contribution in [3.05, 3.63) is 71.9 Å². The van der Waals surface area contributed by atoms with Gasteiger partial charge in [-0.3, -0.25) is 14.5 Å². The van der Waals surface area contributed by atoms with Gasteiger partial charge in [0.25, 0.3) is 5.91 Å². The van der Waals surface area contributed by atoms with Crippen molar-refractivity contribution in [1.82, 2.24) is 24.6 Å². The third-order valence-electron chi connectivity index (χ3n) is 6.32. The van der Waals surface area contributed by atoms with Gasteiger partial charge in [0, 0.05) is 66.3 Å². The Kier molecular flexibility index (Phi) is 5.06. The first-order chi connectivity index (χ1) is 15.2. The zero-order chi connectivity index (χ0) is 21.4. The van der Waals surface area contributed by atoms with E-state index in [1.54, 1.807) is 0 Å². The zero-order valence-corrected chi connectivity index (χ0v) is 18.0. The summed E-state index contributed by atoms with van der Waals surface area (Å²) in [7, 11) is 0. The van der Waals surface area contributed by atoms with Crippen LogP contribution in [-0.4, -0.2) is 43.6 Å². The number of nitrogens with one attached hydrogen (secondary N) is 1. The maximum atomic E-state index is 13.3. The summed E-state index contributed by atoms with van der Waals surface area (Å²) in [6.07, 6.45) is 7.61. The third-order valence-corrected chi connectivity index (χ3v) is 6.32. The van der Waals surface area contributed by atoms with Crippen LogP contribution in [0.4, 0.5) is 0 Å². The number of hydrogen-bond acceptors (Lipinski definition) is 3. The summed E-state index contributed by atoms with van der Waals surface area (Å²) in [6, 6.07) is 12.6. The van der Waals surface area contributed by atoms with E-state index in [1.165, 1.54) is 16.6 Å². The molecular weight excluding hydrogens is 386 g/mol. The monoisotopic (exact) mass is 413 g/mol. The van der Waals surface area contributed by atoms with E-state index in [1.807, 2.05) is 42.0 Å². The molecule has 0 bridgehead atoms. The summed E-state index contributed by atoms with van der Waals surface area (Å²) >= 11 is 0. The Bertz CT molecular complexity index is 1220. The fraction of sp³-hybridized carbons (Fsp3) is 0.320. The van der Waals surface area contributed by atoms with Crippen molar-refractivity contribution in [2.45, 2.75) is 39.2 Å². The molecular formula is C25H27N5O. The highest BCUT2D eigenvalue weighted by molar-refractivity contribution is 5.98. The van der Waals surface area contributed by atoms with Gasteiger partial charge in [0.1, 0.15) is 0 Å². The number of H-pyrrole nitrogens is 1. The molecule has 0 radical (unpaired) electrons. The van der Waals surface area contributed by atoms with Crippen molar-refractivity contribution in [3.63, 3.8) is 0 Å². The highest BCUT2D eigenvalue weighted by Crippen LogP contribution is 2.39. The fourth-order valence-corrected chi connectivity index (χ4v) is 4.76. The first-order valence-corrected chi connectivity index (χ1v) is 11.0. The molecule has 6 nitrogen and oxygen atoms in total. The van der Waals surface area contributed by atoms with Gasteiger partial charge in [0.15, 0.2) is 0 Å². The SMILES string of the molecule is CCn1cc(C(=O)N2CCCC(c3[nH]c4ccccc4c3-c3ccncc3)C2)c(C)n1. The second kappa shape index (κ2) is 8.02. The van der Waals surface area contributed by atoms with Crippen LogP contribution in [0.1, 0.15) is 47.4 Å². The van der Waals surface area contributed by atoms with Crippen LogP contribution in [0, 0.1) is 6.92 Å². The number of nitrogens with zero attached hydrogens (tertiary/aromatic N) is 4. The lowest BCUT2D eigenvalue weighted by molar-refractivity contribution is 0.0705. The molecule has 1 aromatic carbocycles. The summed E-state index contributed by atoms with van der Waals surface area (Å²) in [5.74, 6) is 0.346. The van der Waals surface area contributed by atoms with Crippen molar-refractivity contribution in [3.8, 4) is 11.1 Å². The average molecular weight is 414 g/mol. The normalized spacial score (nSPS) is 16.7. The number of carbonyl (C=O) groups is 1. The molecule has 158 valence electrons. The number of fused-ring (bicyclic) bond motifs is 1. The largest absolute Gasteiger partial charge is 0.358 e. The molecule has 1 amide bonds. The van der Waals surface area contributed by atoms with Gasteiger partial charge in [-0.25, -0.2) is 0 Å². The minimum atomic E-state index is 0.0865. The Morgan fingerprint density at radius 2 is 2.00 bits per heavy atom. The van der Waals surface area contributed by atoms with E-state index in [9.17, 15) is 4.79 Å². The van der Waals surface area contributed by atoms with E-state index >= 15 is 0 Å². The summed E-state index contributed by atoms with van der Waals surface area (Å²) in [5.41, 5.74) is 6.25. The topological polar surface area (TPSA) is 66.8 Å². The number of para-hydroxylation sites is 1. The van der Waals surface area contributed by atoms with Gasteiger partial charge < -0.3 is 9.88 Å². The number of aromatic amines is 1. The molecule has 4 heterocycles. The molecule has 6 heteroatoms. The van der Waals surface area contributed by atoms with Crippen LogP contribution in [-0.2, 0) is 6.54 Å². The van der Waals surface area contributed by atoms with E-state index in [2.05, 4.69) is 51.5 Å². The number of rotatable bonds is 4. The first kappa shape index (κ1) is 19.5. The second-order valence-electron chi connectivity index (χ2n) is 8.27. The number of aryl methyl sites for hydroxylation is 2. The molecule has 1 unspecified atom stereocenters. The number of pyridine rings is 1. The molecule has 0 spiro atoms. The molecule has 1 aliphatic heterocycles. The predicted octanol–water partition coefficient (Wildman–Crippen LogP) is 4.77. The van der Waals surface area contributed by atoms with Gasteiger partial charge in [-0.1, -0.05) is 18.2 Å². The van der Waals surface area contributed by atoms with E-state index in [4.69, 9.17) is 0 Å². The molecule has 1 saturated heterocycles. The molecule has 4 aromatic rings. The van der Waals surface area contributed by atoms with Crippen molar-refractivity contribution in [2.75, 3.05) is 13.1 Å². The number of amides is 1. The van der Waals surface area contributed by atoms with Crippen LogP contribution in [0.5, 0.6) is 0 Å². The smallest absolute Gasteiger partial charge is 0.257 e. The summed E-state index contributed by atoms with van der Waals surface area (Å²) in [4.78, 5) is 23.2. The van der Waals surface area contributed by atoms with Crippen LogP contribution in [0.15, 0.2) is 55.0 Å². The number of aromatic nitrogens is 4. The number of benzene rings is 1. The van der Waals surface area contributed by atoms with Crippen molar-refractivity contribution >= 4 is 16.8 Å². The van der Waals surface area contributed by atoms with Crippen molar-refractivity contribution in [2.24, 2.45) is 0 Å². The van der Waals surface area contributed by atoms with Gasteiger partial charge in [-0.15, -0.1) is 0 Å². The van der Waals surface area contributed by atoms with Crippen LogP contribution < -0.4 is 0 Å². The molecule has 3 aromatic heterocycles. The lowest BCUT2D eigenvalue weighted by Gasteiger charge is -2.33. The highest BCUT2D eigenvalue weighted by atomic mass is 16.2. The van der Waals surface area contributed by atoms with Gasteiger partial charge in [-0.2, -0.15) is 5.10 Å². The summed E-state index contributed by atoms with van der Waals surface area (Å²) in [6.45, 7) is 6.21. The molecule has 31 heavy (non-hydrogen) atoms. The molecule has 1 atom stereocenters. The molecule has 5 rings (SSSR count). The van der Waals surface area contributed by atoms with Crippen LogP contribution >= 0.6 is 0 Å². The number of hydrogen-bond donors (Lipinski definition) is 1. The van der Waals surface area contributed by atoms with Gasteiger partial charge in [-0.05, 0) is 50.5 Å². The Balaban J connectivity index is 1.51. The standard InChI is InChI=1S/C25H27N5O/c1-3-30-16-21(17(2)28-30)25(31)29-14-6-7-19(15-29)24-23(18-10-12-26-13-11-18)20-8-4-5-9-22(20)27-24/h4-5,8-13,16,19,27H,3,6-7,14-15H2,1-2H3. The minimum absolute atomic E-state index is 0.0865. The first-order valence-electron chi connectivity index (χ1n) is 11.0. The van der Waals surface area contributed by atoms with Crippen LogP contribution in [0.25, 0.3) is 22.0 Å². The lowest BCUT2D eigenvalue weighted by Crippen LogP contribution is -2.39. The molecule has 1 N–H and O–H groups in total. The van der Waals surface area contributed by atoms with Crippen LogP contribution in [0.3, 0.4) is 0 Å². The Labute approximate surface area is 181 Å². The van der Waals surface area contributed by atoms with E-state index < -0.39 is 0 Å². The Morgan fingerprint density at radius 3 is 2.77 bits per heavy atom. The van der Waals surface area contributed by atoms with Crippen molar-refractivity contribution < 1.29 is 4.79 Å². The third kappa shape index (κ3) is 3.52. The lowest BCUT2D eigenvalue weighted by atomic mass is 9.89. The molecule has 0 aliphatic carbocycles. The van der Waals surface area contributed by atoms with E-state index in [0.29, 0.717) is 12.1 Å². The zero-order valence-electron chi connectivity index (χ0n) is 18.0. The van der Waals surface area contributed by atoms with Gasteiger partial charge in [0.05, 0.1) is 11.3 Å². The average Bonchev–Trinajstić information content (AvgIpc) is 3.39. The molecule has 1 aliphatic rings. The van der Waals surface area contributed by atoms with Crippen molar-refractivity contribution in [1.29, 1.82) is 0 Å². The van der Waals surface area contributed by atoms with Gasteiger partial charge in [0.2, 0.25) is 0 Å². The maximum Gasteiger partial charge on any atom is 0.257 e. The minimum Gasteiger partial charge on any atom is -0.358 e. The van der Waals surface area contributed by atoms with E-state index in [0.717, 1.165) is 42.7 Å². The van der Waals surface area contributed by atoms with E-state index in [-0.39, 0.29) is 11.8 Å². The Morgan fingerprint density at radius 1 is 1.19 bits per heavy atom. The fourth-order valence-electron chi connectivity index (χ4n) is 4.76. The Hall–Kier alpha value is -3.41. The molecule has 1 fully saturated rings. The number of carbonyl (C=O) groups excluding carboxylic acids is 1. The predicted molar refractivity (Wildman–Crippen MR) is 122 cm³/mol. The quantitative estimate of drug-likeness (QED) is 0.524. The molecule has 0 saturated carbocycles.